The standard InChI is InChI=1S/C9H17NS/c10-8-5-9(11-6-8)7-3-1-2-4-7/h7-9H,1-6,10H2. The molecule has 0 amide bonds. The molecule has 2 aliphatic rings. The molecule has 0 radical (unpaired) electrons. The van der Waals surface area contributed by atoms with Crippen molar-refractivity contribution in [3.63, 3.8) is 0 Å². The summed E-state index contributed by atoms with van der Waals surface area (Å²) in [5.74, 6) is 2.23. The quantitative estimate of drug-likeness (QED) is 0.653. The van der Waals surface area contributed by atoms with E-state index in [-0.39, 0.29) is 0 Å². The number of rotatable bonds is 1. The van der Waals surface area contributed by atoms with Crippen LogP contribution in [0.1, 0.15) is 32.1 Å². The monoisotopic (exact) mass is 171 g/mol. The van der Waals surface area contributed by atoms with Crippen molar-refractivity contribution in [1.29, 1.82) is 0 Å². The first-order valence-corrected chi connectivity index (χ1v) is 5.78. The van der Waals surface area contributed by atoms with Crippen LogP contribution in [0.2, 0.25) is 0 Å². The van der Waals surface area contributed by atoms with Gasteiger partial charge in [-0.15, -0.1) is 0 Å². The first-order chi connectivity index (χ1) is 5.36. The Morgan fingerprint density at radius 3 is 2.45 bits per heavy atom. The van der Waals surface area contributed by atoms with E-state index in [9.17, 15) is 0 Å². The van der Waals surface area contributed by atoms with Gasteiger partial charge in [-0.3, -0.25) is 0 Å². The zero-order valence-electron chi connectivity index (χ0n) is 6.96. The van der Waals surface area contributed by atoms with Crippen molar-refractivity contribution in [2.24, 2.45) is 11.7 Å². The third-order valence-corrected chi connectivity index (χ3v) is 4.61. The topological polar surface area (TPSA) is 26.0 Å². The van der Waals surface area contributed by atoms with Crippen molar-refractivity contribution >= 4 is 11.8 Å². The van der Waals surface area contributed by atoms with Crippen molar-refractivity contribution < 1.29 is 0 Å². The molecule has 1 aliphatic carbocycles. The second-order valence-corrected chi connectivity index (χ2v) is 5.18. The highest BCUT2D eigenvalue weighted by atomic mass is 32.2. The number of nitrogens with two attached hydrogens (primary N) is 1. The van der Waals surface area contributed by atoms with Gasteiger partial charge in [-0.25, -0.2) is 0 Å². The van der Waals surface area contributed by atoms with Gasteiger partial charge in [-0.2, -0.15) is 11.8 Å². The molecule has 2 heteroatoms. The van der Waals surface area contributed by atoms with E-state index >= 15 is 0 Å². The Morgan fingerprint density at radius 1 is 1.18 bits per heavy atom. The lowest BCUT2D eigenvalue weighted by molar-refractivity contribution is 0.492. The van der Waals surface area contributed by atoms with Crippen LogP contribution in [0, 0.1) is 5.92 Å². The van der Waals surface area contributed by atoms with Gasteiger partial charge in [-0.05, 0) is 25.2 Å². The second kappa shape index (κ2) is 3.36. The van der Waals surface area contributed by atoms with Crippen LogP contribution < -0.4 is 5.73 Å². The van der Waals surface area contributed by atoms with Gasteiger partial charge in [0.15, 0.2) is 0 Å². The third-order valence-electron chi connectivity index (χ3n) is 2.99. The van der Waals surface area contributed by atoms with Crippen LogP contribution in [0.5, 0.6) is 0 Å². The minimum Gasteiger partial charge on any atom is -0.327 e. The minimum atomic E-state index is 0.505. The number of hydrogen-bond acceptors (Lipinski definition) is 2. The molecule has 0 aromatic heterocycles. The fourth-order valence-electron chi connectivity index (χ4n) is 2.34. The van der Waals surface area contributed by atoms with Gasteiger partial charge in [0.1, 0.15) is 0 Å². The van der Waals surface area contributed by atoms with E-state index in [1.807, 2.05) is 0 Å². The summed E-state index contributed by atoms with van der Waals surface area (Å²) in [4.78, 5) is 0. The van der Waals surface area contributed by atoms with Crippen molar-refractivity contribution in [2.45, 2.75) is 43.4 Å². The van der Waals surface area contributed by atoms with Crippen molar-refractivity contribution in [2.75, 3.05) is 5.75 Å². The average Bonchev–Trinajstić information content (AvgIpc) is 2.55. The molecule has 2 fully saturated rings. The summed E-state index contributed by atoms with van der Waals surface area (Å²) in [5, 5.41) is 0.924. The highest BCUT2D eigenvalue weighted by Gasteiger charge is 2.31. The average molecular weight is 171 g/mol. The molecular formula is C9H17NS. The van der Waals surface area contributed by atoms with Gasteiger partial charge in [0.2, 0.25) is 0 Å². The molecule has 64 valence electrons. The van der Waals surface area contributed by atoms with E-state index < -0.39 is 0 Å². The Morgan fingerprint density at radius 2 is 1.91 bits per heavy atom. The normalized spacial score (nSPS) is 40.1. The van der Waals surface area contributed by atoms with Crippen LogP contribution in [0.25, 0.3) is 0 Å². The molecule has 0 bridgehead atoms. The lowest BCUT2D eigenvalue weighted by Crippen LogP contribution is -2.21. The fraction of sp³-hybridized carbons (Fsp3) is 1.00. The molecule has 0 aromatic rings. The Hall–Kier alpha value is 0.310. The summed E-state index contributed by atoms with van der Waals surface area (Å²) in [6.07, 6.45) is 7.18. The van der Waals surface area contributed by atoms with E-state index in [4.69, 9.17) is 5.73 Å². The van der Waals surface area contributed by atoms with Crippen LogP contribution in [0.15, 0.2) is 0 Å². The largest absolute Gasteiger partial charge is 0.327 e. The zero-order chi connectivity index (χ0) is 7.68. The van der Waals surface area contributed by atoms with Gasteiger partial charge < -0.3 is 5.73 Å². The second-order valence-electron chi connectivity index (χ2n) is 3.91. The summed E-state index contributed by atoms with van der Waals surface area (Å²) in [7, 11) is 0. The molecule has 1 nitrogen and oxygen atoms in total. The van der Waals surface area contributed by atoms with Crippen LogP contribution >= 0.6 is 11.8 Å². The summed E-state index contributed by atoms with van der Waals surface area (Å²) in [6.45, 7) is 0. The van der Waals surface area contributed by atoms with Crippen molar-refractivity contribution in [3.05, 3.63) is 0 Å². The van der Waals surface area contributed by atoms with E-state index in [1.165, 1.54) is 37.9 Å². The van der Waals surface area contributed by atoms with Crippen LogP contribution in [0.4, 0.5) is 0 Å². The Kier molecular flexibility index (Phi) is 2.42. The van der Waals surface area contributed by atoms with E-state index in [0.717, 1.165) is 11.2 Å². The molecule has 2 rings (SSSR count). The van der Waals surface area contributed by atoms with Crippen molar-refractivity contribution in [1.82, 2.24) is 0 Å². The van der Waals surface area contributed by atoms with E-state index in [1.54, 1.807) is 0 Å². The smallest absolute Gasteiger partial charge is 0.0141 e. The van der Waals surface area contributed by atoms with Gasteiger partial charge in [0, 0.05) is 17.0 Å². The molecule has 11 heavy (non-hydrogen) atoms. The summed E-state index contributed by atoms with van der Waals surface area (Å²) in [5.41, 5.74) is 5.87. The summed E-state index contributed by atoms with van der Waals surface area (Å²) < 4.78 is 0. The van der Waals surface area contributed by atoms with Crippen LogP contribution in [-0.2, 0) is 0 Å². The zero-order valence-corrected chi connectivity index (χ0v) is 7.78. The molecule has 2 atom stereocenters. The molecule has 2 N–H and O–H groups in total. The molecule has 1 saturated heterocycles. The number of hydrogen-bond donors (Lipinski definition) is 1. The van der Waals surface area contributed by atoms with Gasteiger partial charge >= 0.3 is 0 Å². The van der Waals surface area contributed by atoms with E-state index in [2.05, 4.69) is 11.8 Å². The maximum absolute atomic E-state index is 5.87. The fourth-order valence-corrected chi connectivity index (χ4v) is 3.90. The third kappa shape index (κ3) is 1.73. The molecular weight excluding hydrogens is 154 g/mol. The van der Waals surface area contributed by atoms with E-state index in [0.29, 0.717) is 6.04 Å². The molecule has 1 aliphatic heterocycles. The van der Waals surface area contributed by atoms with Gasteiger partial charge in [-0.1, -0.05) is 12.8 Å². The lowest BCUT2D eigenvalue weighted by atomic mass is 9.99. The maximum Gasteiger partial charge on any atom is 0.0141 e. The number of thioether (sulfide) groups is 1. The summed E-state index contributed by atoms with van der Waals surface area (Å²) >= 11 is 2.12. The van der Waals surface area contributed by atoms with Gasteiger partial charge in [0.25, 0.3) is 0 Å². The van der Waals surface area contributed by atoms with Crippen molar-refractivity contribution in [3.8, 4) is 0 Å². The Bertz CT molecular complexity index is 132. The Balaban J connectivity index is 1.85. The molecule has 1 heterocycles. The predicted octanol–water partition coefficient (Wildman–Crippen LogP) is 2.01. The molecule has 0 aromatic carbocycles. The Labute approximate surface area is 73.1 Å². The molecule has 1 saturated carbocycles. The minimum absolute atomic E-state index is 0.505. The van der Waals surface area contributed by atoms with Gasteiger partial charge in [0.05, 0.1) is 0 Å². The summed E-state index contributed by atoms with van der Waals surface area (Å²) in [6, 6.07) is 0.505. The lowest BCUT2D eigenvalue weighted by Gasteiger charge is -2.15. The predicted molar refractivity (Wildman–Crippen MR) is 50.8 cm³/mol. The first-order valence-electron chi connectivity index (χ1n) is 4.73. The maximum atomic E-state index is 5.87. The highest BCUT2D eigenvalue weighted by Crippen LogP contribution is 2.39. The SMILES string of the molecule is NC1CSC(C2CCCC2)C1. The van der Waals surface area contributed by atoms with Crippen LogP contribution in [0.3, 0.4) is 0 Å². The highest BCUT2D eigenvalue weighted by molar-refractivity contribution is 8.00. The first kappa shape index (κ1) is 7.93. The molecule has 2 unspecified atom stereocenters. The molecule has 0 spiro atoms. The van der Waals surface area contributed by atoms with Crippen LogP contribution in [-0.4, -0.2) is 17.0 Å².